The lowest BCUT2D eigenvalue weighted by molar-refractivity contribution is -0.114. The van der Waals surface area contributed by atoms with Gasteiger partial charge in [0, 0.05) is 35.8 Å². The number of nitrogens with one attached hydrogen (secondary N) is 3. The number of carbonyl (C=O) groups is 2. The number of fused-ring (bicyclic) bond motifs is 1. The summed E-state index contributed by atoms with van der Waals surface area (Å²) in [5.74, 6) is -0.285. The van der Waals surface area contributed by atoms with Gasteiger partial charge in [0.2, 0.25) is 5.91 Å². The highest BCUT2D eigenvalue weighted by molar-refractivity contribution is 6.35. The van der Waals surface area contributed by atoms with Crippen molar-refractivity contribution in [2.75, 3.05) is 10.6 Å². The van der Waals surface area contributed by atoms with Gasteiger partial charge in [0.15, 0.2) is 0 Å². The minimum atomic E-state index is -0.144. The molecular weight excluding hydrogens is 254 g/mol. The first-order valence-corrected chi connectivity index (χ1v) is 6.22. The molecule has 5 heteroatoms. The Kier molecular flexibility index (Phi) is 2.87. The first-order valence-electron chi connectivity index (χ1n) is 6.22. The van der Waals surface area contributed by atoms with Crippen LogP contribution in [0.15, 0.2) is 36.5 Å². The number of rotatable bonds is 2. The van der Waals surface area contributed by atoms with Crippen molar-refractivity contribution >= 4 is 34.8 Å². The first-order chi connectivity index (χ1) is 9.63. The highest BCUT2D eigenvalue weighted by Gasteiger charge is 2.24. The quantitative estimate of drug-likeness (QED) is 0.731. The maximum Gasteiger partial charge on any atom is 0.256 e. The Morgan fingerprint density at radius 1 is 1.30 bits per heavy atom. The van der Waals surface area contributed by atoms with E-state index < -0.39 is 0 Å². The van der Waals surface area contributed by atoms with Gasteiger partial charge in [-0.2, -0.15) is 0 Å². The van der Waals surface area contributed by atoms with Crippen LogP contribution in [-0.2, 0) is 9.59 Å². The molecule has 100 valence electrons. The normalized spacial score (nSPS) is 15.1. The zero-order valence-corrected chi connectivity index (χ0v) is 10.9. The van der Waals surface area contributed by atoms with E-state index in [1.165, 1.54) is 6.92 Å². The van der Waals surface area contributed by atoms with Crippen LogP contribution in [0.4, 0.5) is 11.4 Å². The van der Waals surface area contributed by atoms with Gasteiger partial charge in [0.1, 0.15) is 0 Å². The van der Waals surface area contributed by atoms with Crippen LogP contribution in [0.2, 0.25) is 0 Å². The Morgan fingerprint density at radius 2 is 2.15 bits per heavy atom. The first kappa shape index (κ1) is 12.2. The lowest BCUT2D eigenvalue weighted by Crippen LogP contribution is -2.05. The fraction of sp³-hybridized carbons (Fsp3) is 0.0667. The van der Waals surface area contributed by atoms with Crippen molar-refractivity contribution in [1.29, 1.82) is 0 Å². The van der Waals surface area contributed by atoms with Gasteiger partial charge in [-0.25, -0.2) is 0 Å². The van der Waals surface area contributed by atoms with Gasteiger partial charge in [-0.15, -0.1) is 0 Å². The van der Waals surface area contributed by atoms with Crippen molar-refractivity contribution in [1.82, 2.24) is 4.98 Å². The van der Waals surface area contributed by atoms with Gasteiger partial charge in [-0.05, 0) is 36.4 Å². The Labute approximate surface area is 115 Å². The summed E-state index contributed by atoms with van der Waals surface area (Å²) in [6.07, 6.45) is 3.59. The maximum atomic E-state index is 12.0. The van der Waals surface area contributed by atoms with Crippen LogP contribution in [0.25, 0.3) is 11.6 Å². The van der Waals surface area contributed by atoms with E-state index in [4.69, 9.17) is 0 Å². The van der Waals surface area contributed by atoms with E-state index in [1.807, 2.05) is 12.1 Å². The van der Waals surface area contributed by atoms with E-state index in [1.54, 1.807) is 30.5 Å². The molecule has 3 N–H and O–H groups in total. The van der Waals surface area contributed by atoms with E-state index in [9.17, 15) is 9.59 Å². The second-order valence-electron chi connectivity index (χ2n) is 4.58. The van der Waals surface area contributed by atoms with Crippen molar-refractivity contribution in [3.63, 3.8) is 0 Å². The molecule has 0 radical (unpaired) electrons. The molecule has 0 aliphatic carbocycles. The fourth-order valence-electron chi connectivity index (χ4n) is 2.20. The minimum Gasteiger partial charge on any atom is -0.362 e. The van der Waals surface area contributed by atoms with Crippen molar-refractivity contribution in [3.8, 4) is 0 Å². The van der Waals surface area contributed by atoms with Crippen molar-refractivity contribution in [2.45, 2.75) is 6.92 Å². The lowest BCUT2D eigenvalue weighted by Gasteiger charge is -2.04. The zero-order chi connectivity index (χ0) is 14.1. The monoisotopic (exact) mass is 267 g/mol. The number of benzene rings is 1. The largest absolute Gasteiger partial charge is 0.362 e. The summed E-state index contributed by atoms with van der Waals surface area (Å²) < 4.78 is 0. The van der Waals surface area contributed by atoms with Crippen LogP contribution in [0.5, 0.6) is 0 Å². The van der Waals surface area contributed by atoms with Crippen molar-refractivity contribution in [2.24, 2.45) is 0 Å². The van der Waals surface area contributed by atoms with E-state index in [-0.39, 0.29) is 11.8 Å². The van der Waals surface area contributed by atoms with Crippen LogP contribution in [0.3, 0.4) is 0 Å². The summed E-state index contributed by atoms with van der Waals surface area (Å²) in [6, 6.07) is 9.10. The van der Waals surface area contributed by atoms with Crippen molar-refractivity contribution < 1.29 is 9.59 Å². The standard InChI is InChI=1S/C15H13N3O2/c1-9(19)17-11-4-5-14-12(8-11)13(15(20)18-14)7-10-3-2-6-16-10/h2-8,16H,1H3,(H,17,19)(H,18,20)/b13-7-. The van der Waals surface area contributed by atoms with E-state index in [0.717, 1.165) is 16.9 Å². The summed E-state index contributed by atoms with van der Waals surface area (Å²) in [7, 11) is 0. The SMILES string of the molecule is CC(=O)Nc1ccc2c(c1)/C(=C/c1ccc[nH]1)C(=O)N2. The number of hydrogen-bond acceptors (Lipinski definition) is 2. The number of H-pyrrole nitrogens is 1. The molecule has 1 aromatic heterocycles. The third-order valence-corrected chi connectivity index (χ3v) is 3.04. The van der Waals surface area contributed by atoms with E-state index in [2.05, 4.69) is 15.6 Å². The molecule has 0 spiro atoms. The molecular formula is C15H13N3O2. The van der Waals surface area contributed by atoms with Gasteiger partial charge in [-0.3, -0.25) is 9.59 Å². The predicted molar refractivity (Wildman–Crippen MR) is 78.0 cm³/mol. The molecule has 2 aromatic rings. The number of aromatic nitrogens is 1. The highest BCUT2D eigenvalue weighted by Crippen LogP contribution is 2.34. The van der Waals surface area contributed by atoms with Crippen LogP contribution in [0.1, 0.15) is 18.2 Å². The summed E-state index contributed by atoms with van der Waals surface area (Å²) in [6.45, 7) is 1.45. The van der Waals surface area contributed by atoms with Crippen molar-refractivity contribution in [3.05, 3.63) is 47.8 Å². The molecule has 0 bridgehead atoms. The molecule has 2 amide bonds. The Balaban J connectivity index is 2.04. The molecule has 0 unspecified atom stereocenters. The second kappa shape index (κ2) is 4.70. The molecule has 3 rings (SSSR count). The molecule has 0 saturated carbocycles. The van der Waals surface area contributed by atoms with E-state index >= 15 is 0 Å². The van der Waals surface area contributed by atoms with Crippen LogP contribution in [0, 0.1) is 0 Å². The molecule has 1 aliphatic rings. The number of carbonyl (C=O) groups excluding carboxylic acids is 2. The lowest BCUT2D eigenvalue weighted by atomic mass is 10.1. The summed E-state index contributed by atoms with van der Waals surface area (Å²) in [4.78, 5) is 26.1. The molecule has 0 atom stereocenters. The number of hydrogen-bond donors (Lipinski definition) is 3. The zero-order valence-electron chi connectivity index (χ0n) is 10.9. The summed E-state index contributed by atoms with van der Waals surface area (Å²) >= 11 is 0. The van der Waals surface area contributed by atoms with Crippen LogP contribution in [-0.4, -0.2) is 16.8 Å². The topological polar surface area (TPSA) is 74.0 Å². The van der Waals surface area contributed by atoms with Gasteiger partial charge < -0.3 is 15.6 Å². The Morgan fingerprint density at radius 3 is 2.85 bits per heavy atom. The second-order valence-corrected chi connectivity index (χ2v) is 4.58. The Bertz CT molecular complexity index is 715. The molecule has 20 heavy (non-hydrogen) atoms. The Hall–Kier alpha value is -2.82. The smallest absolute Gasteiger partial charge is 0.256 e. The molecule has 1 aliphatic heterocycles. The molecule has 1 aromatic carbocycles. The van der Waals surface area contributed by atoms with Gasteiger partial charge in [-0.1, -0.05) is 0 Å². The number of aromatic amines is 1. The average Bonchev–Trinajstić information content (AvgIpc) is 2.99. The molecule has 0 saturated heterocycles. The minimum absolute atomic E-state index is 0.142. The fourth-order valence-corrected chi connectivity index (χ4v) is 2.20. The number of anilines is 2. The van der Waals surface area contributed by atoms with E-state index in [0.29, 0.717) is 11.3 Å². The maximum absolute atomic E-state index is 12.0. The predicted octanol–water partition coefficient (Wildman–Crippen LogP) is 2.47. The van der Waals surface area contributed by atoms with Gasteiger partial charge in [0.25, 0.3) is 5.91 Å². The van der Waals surface area contributed by atoms with Crippen LogP contribution < -0.4 is 10.6 Å². The average molecular weight is 267 g/mol. The molecule has 2 heterocycles. The summed E-state index contributed by atoms with van der Waals surface area (Å²) in [5.41, 5.74) is 3.64. The number of amides is 2. The van der Waals surface area contributed by atoms with Gasteiger partial charge in [0.05, 0.1) is 5.57 Å². The van der Waals surface area contributed by atoms with Crippen LogP contribution >= 0.6 is 0 Å². The highest BCUT2D eigenvalue weighted by atomic mass is 16.2. The third-order valence-electron chi connectivity index (χ3n) is 3.04. The molecule has 0 fully saturated rings. The van der Waals surface area contributed by atoms with Gasteiger partial charge >= 0.3 is 0 Å². The summed E-state index contributed by atoms with van der Waals surface area (Å²) in [5, 5.41) is 5.52. The molecule has 5 nitrogen and oxygen atoms in total. The third kappa shape index (κ3) is 2.21.